The Kier molecular flexibility index (Phi) is 3.53. The number of nitrogens with one attached hydrogen (secondary N) is 1. The largest absolute Gasteiger partial charge is 0.486 e. The molecule has 1 aromatic carbocycles. The van der Waals surface area contributed by atoms with Crippen molar-refractivity contribution in [1.82, 2.24) is 0 Å². The molecule has 1 aromatic rings. The summed E-state index contributed by atoms with van der Waals surface area (Å²) in [7, 11) is 0. The molecule has 0 bridgehead atoms. The number of nitro benzene ring substituents is 1. The van der Waals surface area contributed by atoms with Gasteiger partial charge in [-0.3, -0.25) is 10.1 Å². The molecule has 0 fully saturated rings. The van der Waals surface area contributed by atoms with Crippen molar-refractivity contribution in [3.8, 4) is 11.8 Å². The van der Waals surface area contributed by atoms with E-state index in [1.165, 1.54) is 12.1 Å². The molecule has 1 N–H and O–H groups in total. The number of benzene rings is 1. The van der Waals surface area contributed by atoms with Crippen LogP contribution in [0.4, 0.5) is 11.4 Å². The van der Waals surface area contributed by atoms with Gasteiger partial charge in [-0.2, -0.15) is 5.26 Å². The number of ether oxygens (including phenoxy) is 1. The van der Waals surface area contributed by atoms with Gasteiger partial charge in [0.25, 0.3) is 5.69 Å². The van der Waals surface area contributed by atoms with E-state index in [0.29, 0.717) is 17.9 Å². The third-order valence-corrected chi connectivity index (χ3v) is 3.41. The molecular weight excluding hydrogens is 258 g/mol. The molecule has 20 heavy (non-hydrogen) atoms. The number of hydrogen-bond acceptors (Lipinski definition) is 5. The minimum absolute atomic E-state index is 0.0165. The molecule has 0 spiro atoms. The highest BCUT2D eigenvalue weighted by atomic mass is 16.6. The fourth-order valence-electron chi connectivity index (χ4n) is 2.22. The van der Waals surface area contributed by atoms with Crippen LogP contribution >= 0.6 is 0 Å². The number of nitrogens with zero attached hydrogens (tertiary/aromatic N) is 2. The van der Waals surface area contributed by atoms with E-state index in [-0.39, 0.29) is 17.8 Å². The number of rotatable bonds is 3. The third kappa shape index (κ3) is 2.82. The van der Waals surface area contributed by atoms with Gasteiger partial charge in [0.15, 0.2) is 0 Å². The summed E-state index contributed by atoms with van der Waals surface area (Å²) in [5.41, 5.74) is 0.180. The molecule has 1 heterocycles. The van der Waals surface area contributed by atoms with Gasteiger partial charge in [0.05, 0.1) is 28.1 Å². The molecule has 0 saturated carbocycles. The molecule has 0 saturated heterocycles. The summed E-state index contributed by atoms with van der Waals surface area (Å²) in [5, 5.41) is 23.1. The zero-order valence-electron chi connectivity index (χ0n) is 11.7. The molecule has 2 atom stereocenters. The van der Waals surface area contributed by atoms with Crippen molar-refractivity contribution in [2.45, 2.75) is 39.3 Å². The summed E-state index contributed by atoms with van der Waals surface area (Å²) in [6.07, 6.45) is 0.451. The van der Waals surface area contributed by atoms with Gasteiger partial charge in [-0.15, -0.1) is 0 Å². The van der Waals surface area contributed by atoms with E-state index in [9.17, 15) is 10.1 Å². The Morgan fingerprint density at radius 1 is 1.55 bits per heavy atom. The van der Waals surface area contributed by atoms with E-state index >= 15 is 0 Å². The van der Waals surface area contributed by atoms with Crippen LogP contribution in [0.3, 0.4) is 0 Å². The van der Waals surface area contributed by atoms with Crippen molar-refractivity contribution in [2.24, 2.45) is 5.41 Å². The van der Waals surface area contributed by atoms with Crippen molar-refractivity contribution in [3.63, 3.8) is 0 Å². The van der Waals surface area contributed by atoms with E-state index < -0.39 is 10.3 Å². The van der Waals surface area contributed by atoms with E-state index in [2.05, 4.69) is 11.4 Å². The van der Waals surface area contributed by atoms with Crippen LogP contribution in [-0.4, -0.2) is 17.1 Å². The van der Waals surface area contributed by atoms with Crippen LogP contribution in [0.5, 0.6) is 5.75 Å². The van der Waals surface area contributed by atoms with Crippen LogP contribution in [0.25, 0.3) is 0 Å². The Morgan fingerprint density at radius 3 is 2.85 bits per heavy atom. The Hall–Kier alpha value is -2.29. The second-order valence-electron chi connectivity index (χ2n) is 5.73. The van der Waals surface area contributed by atoms with E-state index in [1.54, 1.807) is 6.07 Å². The van der Waals surface area contributed by atoms with Gasteiger partial charge in [0.2, 0.25) is 0 Å². The van der Waals surface area contributed by atoms with Crippen LogP contribution in [0.2, 0.25) is 0 Å². The summed E-state index contributed by atoms with van der Waals surface area (Å²) in [4.78, 5) is 10.3. The van der Waals surface area contributed by atoms with Crippen molar-refractivity contribution >= 4 is 11.4 Å². The van der Waals surface area contributed by atoms with E-state index in [4.69, 9.17) is 10.00 Å². The summed E-state index contributed by atoms with van der Waals surface area (Å²) in [6.45, 7) is 5.68. The molecule has 0 aliphatic carbocycles. The molecule has 6 nitrogen and oxygen atoms in total. The molecule has 0 amide bonds. The fourth-order valence-corrected chi connectivity index (χ4v) is 2.22. The standard InChI is InChI=1S/C14H17N3O3/c1-9-13(7-14(2,3)8-15)20-12-5-4-10(17(18)19)6-11(12)16-9/h4-6,9,13,16H,7H2,1-3H3. The molecular formula is C14H17N3O3. The van der Waals surface area contributed by atoms with Gasteiger partial charge in [0.1, 0.15) is 11.9 Å². The van der Waals surface area contributed by atoms with Crippen LogP contribution < -0.4 is 10.1 Å². The number of non-ortho nitro benzene ring substituents is 1. The average Bonchev–Trinajstić information content (AvgIpc) is 2.38. The van der Waals surface area contributed by atoms with Crippen LogP contribution in [0.15, 0.2) is 18.2 Å². The molecule has 106 valence electrons. The lowest BCUT2D eigenvalue weighted by Crippen LogP contribution is -2.41. The first-order valence-corrected chi connectivity index (χ1v) is 6.45. The highest BCUT2D eigenvalue weighted by Crippen LogP contribution is 2.37. The predicted octanol–water partition coefficient (Wildman–Crippen LogP) is 3.10. The maximum Gasteiger partial charge on any atom is 0.271 e. The number of nitro groups is 1. The first-order chi connectivity index (χ1) is 9.32. The fraction of sp³-hybridized carbons (Fsp3) is 0.500. The number of fused-ring (bicyclic) bond motifs is 1. The molecule has 1 aliphatic heterocycles. The van der Waals surface area contributed by atoms with Gasteiger partial charge >= 0.3 is 0 Å². The summed E-state index contributed by atoms with van der Waals surface area (Å²) in [6, 6.07) is 6.73. The minimum atomic E-state index is -0.473. The molecule has 0 aromatic heterocycles. The Bertz CT molecular complexity index is 578. The van der Waals surface area contributed by atoms with Crippen molar-refractivity contribution in [2.75, 3.05) is 5.32 Å². The SMILES string of the molecule is CC1Nc2cc([N+](=O)[O-])ccc2OC1CC(C)(C)C#N. The number of nitriles is 1. The van der Waals surface area contributed by atoms with E-state index in [1.807, 2.05) is 20.8 Å². The lowest BCUT2D eigenvalue weighted by Gasteiger charge is -2.35. The molecule has 6 heteroatoms. The summed E-state index contributed by atoms with van der Waals surface area (Å²) < 4.78 is 5.88. The maximum atomic E-state index is 10.8. The minimum Gasteiger partial charge on any atom is -0.486 e. The van der Waals surface area contributed by atoms with Gasteiger partial charge in [-0.05, 0) is 26.8 Å². The van der Waals surface area contributed by atoms with Crippen molar-refractivity contribution in [1.29, 1.82) is 5.26 Å². The first kappa shape index (κ1) is 14.1. The van der Waals surface area contributed by atoms with Crippen LogP contribution in [0, 0.1) is 26.9 Å². The maximum absolute atomic E-state index is 10.8. The second kappa shape index (κ2) is 5.00. The lowest BCUT2D eigenvalue weighted by atomic mass is 9.86. The Labute approximate surface area is 117 Å². The predicted molar refractivity (Wildman–Crippen MR) is 74.6 cm³/mol. The summed E-state index contributed by atoms with van der Waals surface area (Å²) >= 11 is 0. The van der Waals surface area contributed by atoms with Gasteiger partial charge in [-0.25, -0.2) is 0 Å². The van der Waals surface area contributed by atoms with E-state index in [0.717, 1.165) is 0 Å². The molecule has 2 rings (SSSR count). The Balaban J connectivity index is 2.22. The normalized spacial score (nSPS) is 21.1. The van der Waals surface area contributed by atoms with Gasteiger partial charge in [0, 0.05) is 18.6 Å². The highest BCUT2D eigenvalue weighted by Gasteiger charge is 2.32. The zero-order valence-corrected chi connectivity index (χ0v) is 11.7. The number of anilines is 1. The van der Waals surface area contributed by atoms with Gasteiger partial charge < -0.3 is 10.1 Å². The topological polar surface area (TPSA) is 88.2 Å². The second-order valence-corrected chi connectivity index (χ2v) is 5.73. The molecule has 2 unspecified atom stereocenters. The Morgan fingerprint density at radius 2 is 2.25 bits per heavy atom. The third-order valence-electron chi connectivity index (χ3n) is 3.41. The van der Waals surface area contributed by atoms with Crippen molar-refractivity contribution < 1.29 is 9.66 Å². The highest BCUT2D eigenvalue weighted by molar-refractivity contribution is 5.63. The zero-order chi connectivity index (χ0) is 14.9. The quantitative estimate of drug-likeness (QED) is 0.676. The summed E-state index contributed by atoms with van der Waals surface area (Å²) in [5.74, 6) is 0.590. The number of hydrogen-bond donors (Lipinski definition) is 1. The van der Waals surface area contributed by atoms with Crippen molar-refractivity contribution in [3.05, 3.63) is 28.3 Å². The van der Waals surface area contributed by atoms with Gasteiger partial charge in [-0.1, -0.05) is 0 Å². The molecule has 0 radical (unpaired) electrons. The molecule has 1 aliphatic rings. The van der Waals surface area contributed by atoms with Crippen LogP contribution in [0.1, 0.15) is 27.2 Å². The lowest BCUT2D eigenvalue weighted by molar-refractivity contribution is -0.384. The monoisotopic (exact) mass is 275 g/mol. The smallest absolute Gasteiger partial charge is 0.271 e. The average molecular weight is 275 g/mol. The van der Waals surface area contributed by atoms with Crippen LogP contribution in [-0.2, 0) is 0 Å². The first-order valence-electron chi connectivity index (χ1n) is 6.45.